The molecule has 0 radical (unpaired) electrons. The maximum atomic E-state index is 13.2. The maximum absolute atomic E-state index is 13.2. The van der Waals surface area contributed by atoms with E-state index in [2.05, 4.69) is 4.72 Å². The summed E-state index contributed by atoms with van der Waals surface area (Å²) < 4.78 is 39.0. The van der Waals surface area contributed by atoms with Crippen LogP contribution < -0.4 is 4.72 Å². The molecule has 1 aromatic rings. The van der Waals surface area contributed by atoms with Crippen LogP contribution in [0, 0.1) is 17.1 Å². The molecule has 0 aliphatic carbocycles. The van der Waals surface area contributed by atoms with Crippen LogP contribution in [0.2, 0.25) is 0 Å². The summed E-state index contributed by atoms with van der Waals surface area (Å²) in [4.78, 5) is -0.330. The summed E-state index contributed by atoms with van der Waals surface area (Å²) in [6.45, 7) is 3.28. The highest BCUT2D eigenvalue weighted by Gasteiger charge is 2.21. The molecule has 1 rings (SSSR count). The summed E-state index contributed by atoms with van der Waals surface area (Å²) in [6, 6.07) is 4.73. The first-order valence-corrected chi connectivity index (χ1v) is 6.07. The zero-order valence-electron chi connectivity index (χ0n) is 8.86. The summed E-state index contributed by atoms with van der Waals surface area (Å²) in [6.07, 6.45) is 0. The number of hydrogen-bond donors (Lipinski definition) is 1. The molecule has 0 amide bonds. The topological polar surface area (TPSA) is 70.0 Å². The van der Waals surface area contributed by atoms with Crippen molar-refractivity contribution >= 4 is 10.0 Å². The van der Waals surface area contributed by atoms with Gasteiger partial charge in [-0.05, 0) is 26.0 Å². The van der Waals surface area contributed by atoms with Gasteiger partial charge in [-0.25, -0.2) is 17.5 Å². The molecule has 0 atom stereocenters. The molecule has 6 heteroatoms. The number of nitriles is 1. The number of nitrogens with zero attached hydrogens (tertiary/aromatic N) is 1. The van der Waals surface area contributed by atoms with Gasteiger partial charge >= 0.3 is 0 Å². The van der Waals surface area contributed by atoms with Crippen molar-refractivity contribution < 1.29 is 12.8 Å². The van der Waals surface area contributed by atoms with Crippen molar-refractivity contribution in [1.29, 1.82) is 5.26 Å². The molecule has 0 heterocycles. The Kier molecular flexibility index (Phi) is 3.62. The number of rotatable bonds is 3. The van der Waals surface area contributed by atoms with Crippen molar-refractivity contribution in [3.63, 3.8) is 0 Å². The first-order chi connectivity index (χ1) is 7.38. The average molecular weight is 242 g/mol. The number of benzene rings is 1. The number of nitrogens with one attached hydrogen (secondary N) is 1. The van der Waals surface area contributed by atoms with Crippen LogP contribution in [0.15, 0.2) is 23.1 Å². The third-order valence-corrected chi connectivity index (χ3v) is 3.47. The van der Waals surface area contributed by atoms with Gasteiger partial charge in [0, 0.05) is 6.04 Å². The van der Waals surface area contributed by atoms with Gasteiger partial charge in [-0.2, -0.15) is 5.26 Å². The van der Waals surface area contributed by atoms with Crippen LogP contribution in [0.1, 0.15) is 19.4 Å². The number of halogens is 1. The van der Waals surface area contributed by atoms with Crippen LogP contribution in [-0.2, 0) is 10.0 Å². The predicted molar refractivity (Wildman–Crippen MR) is 56.6 cm³/mol. The summed E-state index contributed by atoms with van der Waals surface area (Å²) >= 11 is 0. The number of hydrogen-bond acceptors (Lipinski definition) is 3. The Bertz CT molecular complexity index is 532. The van der Waals surface area contributed by atoms with Crippen LogP contribution in [0.3, 0.4) is 0 Å². The van der Waals surface area contributed by atoms with E-state index in [1.807, 2.05) is 0 Å². The van der Waals surface area contributed by atoms with Crippen molar-refractivity contribution in [1.82, 2.24) is 4.72 Å². The molecule has 16 heavy (non-hydrogen) atoms. The highest BCUT2D eigenvalue weighted by molar-refractivity contribution is 7.89. The van der Waals surface area contributed by atoms with Gasteiger partial charge in [-0.1, -0.05) is 6.07 Å². The number of sulfonamides is 1. The molecule has 0 bridgehead atoms. The molecule has 0 saturated heterocycles. The molecule has 0 fully saturated rings. The lowest BCUT2D eigenvalue weighted by molar-refractivity contribution is 0.566. The monoisotopic (exact) mass is 242 g/mol. The first-order valence-electron chi connectivity index (χ1n) is 4.59. The molecule has 1 aromatic carbocycles. The van der Waals surface area contributed by atoms with Gasteiger partial charge in [0.15, 0.2) is 0 Å². The second-order valence-electron chi connectivity index (χ2n) is 3.50. The fourth-order valence-corrected chi connectivity index (χ4v) is 2.63. The Morgan fingerprint density at radius 3 is 2.56 bits per heavy atom. The average Bonchev–Trinajstić information content (AvgIpc) is 2.15. The Morgan fingerprint density at radius 1 is 1.44 bits per heavy atom. The zero-order valence-corrected chi connectivity index (χ0v) is 9.68. The molecule has 0 aromatic heterocycles. The second kappa shape index (κ2) is 4.60. The Balaban J connectivity index is 3.35. The molecule has 0 aliphatic heterocycles. The van der Waals surface area contributed by atoms with Gasteiger partial charge in [0.25, 0.3) is 0 Å². The molecule has 0 aliphatic rings. The van der Waals surface area contributed by atoms with Gasteiger partial charge < -0.3 is 0 Å². The molecule has 0 spiro atoms. The molecule has 86 valence electrons. The van der Waals surface area contributed by atoms with Crippen LogP contribution >= 0.6 is 0 Å². The van der Waals surface area contributed by atoms with E-state index in [4.69, 9.17) is 5.26 Å². The van der Waals surface area contributed by atoms with E-state index in [1.165, 1.54) is 12.1 Å². The Morgan fingerprint density at radius 2 is 2.06 bits per heavy atom. The minimum atomic E-state index is -3.84. The van der Waals surface area contributed by atoms with Gasteiger partial charge in [0.2, 0.25) is 10.0 Å². The Hall–Kier alpha value is -1.45. The summed E-state index contributed by atoms with van der Waals surface area (Å²) in [5.74, 6) is -0.839. The normalized spacial score (nSPS) is 11.4. The standard InChI is InChI=1S/C10H11FN2O2S/c1-7(2)13-16(14,15)10-5-3-4-9(11)8(10)6-12/h3-5,7,13H,1-2H3. The second-order valence-corrected chi connectivity index (χ2v) is 5.18. The largest absolute Gasteiger partial charge is 0.242 e. The predicted octanol–water partition coefficient (Wildman–Crippen LogP) is 1.38. The fraction of sp³-hybridized carbons (Fsp3) is 0.300. The van der Waals surface area contributed by atoms with Gasteiger partial charge in [0.05, 0.1) is 0 Å². The smallest absolute Gasteiger partial charge is 0.209 e. The molecular formula is C10H11FN2O2S. The minimum Gasteiger partial charge on any atom is -0.209 e. The minimum absolute atomic E-state index is 0.320. The lowest BCUT2D eigenvalue weighted by atomic mass is 10.2. The highest BCUT2D eigenvalue weighted by Crippen LogP contribution is 2.17. The fourth-order valence-electron chi connectivity index (χ4n) is 1.21. The van der Waals surface area contributed by atoms with Crippen molar-refractivity contribution in [2.45, 2.75) is 24.8 Å². The molecule has 4 nitrogen and oxygen atoms in total. The molecule has 0 saturated carbocycles. The first kappa shape index (κ1) is 12.6. The molecular weight excluding hydrogens is 231 g/mol. The SMILES string of the molecule is CC(C)NS(=O)(=O)c1cccc(F)c1C#N. The highest BCUT2D eigenvalue weighted by atomic mass is 32.2. The summed E-state index contributed by atoms with van der Waals surface area (Å²) in [5.41, 5.74) is -0.462. The van der Waals surface area contributed by atoms with E-state index in [-0.39, 0.29) is 10.9 Å². The lowest BCUT2D eigenvalue weighted by Gasteiger charge is -2.10. The molecule has 0 unspecified atom stereocenters. The van der Waals surface area contributed by atoms with Crippen LogP contribution in [0.4, 0.5) is 4.39 Å². The summed E-state index contributed by atoms with van der Waals surface area (Å²) in [5, 5.41) is 8.71. The van der Waals surface area contributed by atoms with Crippen LogP contribution in [-0.4, -0.2) is 14.5 Å². The maximum Gasteiger partial charge on any atom is 0.242 e. The van der Waals surface area contributed by atoms with Crippen molar-refractivity contribution in [3.8, 4) is 6.07 Å². The van der Waals surface area contributed by atoms with Gasteiger partial charge in [-0.3, -0.25) is 0 Å². The van der Waals surface area contributed by atoms with Gasteiger partial charge in [0.1, 0.15) is 22.3 Å². The van der Waals surface area contributed by atoms with Gasteiger partial charge in [-0.15, -0.1) is 0 Å². The van der Waals surface area contributed by atoms with E-state index in [0.29, 0.717) is 0 Å². The molecule has 1 N–H and O–H groups in total. The van der Waals surface area contributed by atoms with E-state index in [0.717, 1.165) is 6.07 Å². The summed E-state index contributed by atoms with van der Waals surface area (Å²) in [7, 11) is -3.84. The zero-order chi connectivity index (χ0) is 12.3. The van der Waals surface area contributed by atoms with E-state index >= 15 is 0 Å². The van der Waals surface area contributed by atoms with Crippen LogP contribution in [0.5, 0.6) is 0 Å². The third kappa shape index (κ3) is 2.56. The van der Waals surface area contributed by atoms with E-state index in [9.17, 15) is 12.8 Å². The third-order valence-electron chi connectivity index (χ3n) is 1.77. The van der Waals surface area contributed by atoms with Crippen molar-refractivity contribution in [2.24, 2.45) is 0 Å². The lowest BCUT2D eigenvalue weighted by Crippen LogP contribution is -2.30. The van der Waals surface area contributed by atoms with E-state index in [1.54, 1.807) is 19.9 Å². The van der Waals surface area contributed by atoms with Crippen LogP contribution in [0.25, 0.3) is 0 Å². The van der Waals surface area contributed by atoms with Crippen molar-refractivity contribution in [2.75, 3.05) is 0 Å². The van der Waals surface area contributed by atoms with Crippen molar-refractivity contribution in [3.05, 3.63) is 29.6 Å². The quantitative estimate of drug-likeness (QED) is 0.870. The van der Waals surface area contributed by atoms with E-state index < -0.39 is 21.4 Å². The Labute approximate surface area is 93.8 Å².